The molecule has 2 aromatic carbocycles. The molecule has 0 heterocycles. The van der Waals surface area contributed by atoms with Crippen molar-refractivity contribution in [2.75, 3.05) is 0 Å². The summed E-state index contributed by atoms with van der Waals surface area (Å²) >= 11 is 4.61. The van der Waals surface area contributed by atoms with Gasteiger partial charge in [0.2, 0.25) is 0 Å². The highest BCUT2D eigenvalue weighted by Gasteiger charge is 2.20. The van der Waals surface area contributed by atoms with E-state index in [0.29, 0.717) is 5.92 Å². The number of allylic oxidation sites excluding steroid dienone is 1. The molecule has 2 aromatic rings. The Balaban J connectivity index is 2.24. The zero-order valence-electron chi connectivity index (χ0n) is 11.4. The van der Waals surface area contributed by atoms with Crippen molar-refractivity contribution in [3.63, 3.8) is 0 Å². The van der Waals surface area contributed by atoms with Crippen molar-refractivity contribution in [2.45, 2.75) is 31.1 Å². The number of hydrogen-bond acceptors (Lipinski definition) is 1. The first kappa shape index (κ1) is 12.6. The van der Waals surface area contributed by atoms with Gasteiger partial charge in [0.15, 0.2) is 0 Å². The third-order valence-electron chi connectivity index (χ3n) is 3.89. The zero-order chi connectivity index (χ0) is 13.4. The normalized spacial score (nSPS) is 16.7. The lowest BCUT2D eigenvalue weighted by Crippen LogP contribution is -1.95. The fourth-order valence-electron chi connectivity index (χ4n) is 2.91. The van der Waals surface area contributed by atoms with Crippen molar-refractivity contribution in [1.29, 1.82) is 0 Å². The highest BCUT2D eigenvalue weighted by atomic mass is 32.1. The van der Waals surface area contributed by atoms with Gasteiger partial charge in [0.05, 0.1) is 0 Å². The molecular formula is C18H18S. The first-order chi connectivity index (χ1) is 9.20. The lowest BCUT2D eigenvalue weighted by Gasteiger charge is -2.15. The van der Waals surface area contributed by atoms with Crippen molar-refractivity contribution in [2.24, 2.45) is 0 Å². The topological polar surface area (TPSA) is 0 Å². The molecule has 96 valence electrons. The lowest BCUT2D eigenvalue weighted by molar-refractivity contribution is 0.817. The Hall–Kier alpha value is -1.47. The van der Waals surface area contributed by atoms with Gasteiger partial charge in [0.1, 0.15) is 0 Å². The third-order valence-corrected chi connectivity index (χ3v) is 4.28. The number of thiol groups is 1. The summed E-state index contributed by atoms with van der Waals surface area (Å²) in [5.74, 6) is 0.570. The highest BCUT2D eigenvalue weighted by molar-refractivity contribution is 7.80. The standard InChI is InChI=1S/C18H18S/c1-3-13-8-9-14-16(13)10-12(2)11-17(14)15-6-4-5-7-18(15)19/h4-11,13,19H,3H2,1-2H3. The van der Waals surface area contributed by atoms with Crippen LogP contribution in [0.15, 0.2) is 47.4 Å². The summed E-state index contributed by atoms with van der Waals surface area (Å²) in [7, 11) is 0. The van der Waals surface area contributed by atoms with Crippen LogP contribution in [0.5, 0.6) is 0 Å². The molecule has 0 saturated heterocycles. The van der Waals surface area contributed by atoms with Crippen LogP contribution in [-0.2, 0) is 0 Å². The number of aryl methyl sites for hydroxylation is 1. The molecule has 1 aliphatic rings. The second-order valence-corrected chi connectivity index (χ2v) is 5.69. The van der Waals surface area contributed by atoms with Gasteiger partial charge >= 0.3 is 0 Å². The van der Waals surface area contributed by atoms with Crippen molar-refractivity contribution in [3.05, 3.63) is 59.2 Å². The van der Waals surface area contributed by atoms with Gasteiger partial charge in [-0.2, -0.15) is 0 Å². The van der Waals surface area contributed by atoms with Crippen LogP contribution in [0.3, 0.4) is 0 Å². The Morgan fingerprint density at radius 3 is 2.63 bits per heavy atom. The fraction of sp³-hybridized carbons (Fsp3) is 0.222. The average molecular weight is 266 g/mol. The molecule has 19 heavy (non-hydrogen) atoms. The molecule has 0 radical (unpaired) electrons. The largest absolute Gasteiger partial charge is 0.143 e. The Kier molecular flexibility index (Phi) is 3.24. The molecule has 0 aromatic heterocycles. The van der Waals surface area contributed by atoms with E-state index in [1.165, 1.54) is 27.8 Å². The molecule has 1 aliphatic carbocycles. The zero-order valence-corrected chi connectivity index (χ0v) is 12.2. The van der Waals surface area contributed by atoms with Crippen LogP contribution in [0.2, 0.25) is 0 Å². The van der Waals surface area contributed by atoms with E-state index in [0.717, 1.165) is 11.3 Å². The second kappa shape index (κ2) is 4.90. The van der Waals surface area contributed by atoms with Gasteiger partial charge in [-0.1, -0.05) is 55.0 Å². The molecule has 0 nitrogen and oxygen atoms in total. The van der Waals surface area contributed by atoms with Gasteiger partial charge in [-0.25, -0.2) is 0 Å². The fourth-order valence-corrected chi connectivity index (χ4v) is 3.20. The van der Waals surface area contributed by atoms with E-state index in [4.69, 9.17) is 0 Å². The first-order valence-electron chi connectivity index (χ1n) is 6.82. The van der Waals surface area contributed by atoms with Crippen LogP contribution in [0.4, 0.5) is 0 Å². The Morgan fingerprint density at radius 1 is 1.11 bits per heavy atom. The summed E-state index contributed by atoms with van der Waals surface area (Å²) < 4.78 is 0. The van der Waals surface area contributed by atoms with Crippen molar-refractivity contribution in [3.8, 4) is 11.1 Å². The van der Waals surface area contributed by atoms with Gasteiger partial charge in [0.25, 0.3) is 0 Å². The van der Waals surface area contributed by atoms with Gasteiger partial charge < -0.3 is 0 Å². The Bertz CT molecular complexity index is 653. The van der Waals surface area contributed by atoms with Crippen molar-refractivity contribution >= 4 is 18.7 Å². The Morgan fingerprint density at radius 2 is 1.89 bits per heavy atom. The highest BCUT2D eigenvalue weighted by Crippen LogP contribution is 2.40. The summed E-state index contributed by atoms with van der Waals surface area (Å²) in [6, 6.07) is 12.9. The molecule has 3 rings (SSSR count). The Labute approximate surface area is 120 Å². The minimum atomic E-state index is 0.570. The molecule has 0 fully saturated rings. The summed E-state index contributed by atoms with van der Waals surface area (Å²) in [5.41, 5.74) is 6.71. The molecule has 1 unspecified atom stereocenters. The van der Waals surface area contributed by atoms with E-state index in [9.17, 15) is 0 Å². The van der Waals surface area contributed by atoms with Crippen LogP contribution >= 0.6 is 12.6 Å². The van der Waals surface area contributed by atoms with Gasteiger partial charge in [-0.15, -0.1) is 12.6 Å². The van der Waals surface area contributed by atoms with E-state index in [1.807, 2.05) is 6.07 Å². The molecule has 0 spiro atoms. The molecule has 1 atom stereocenters. The third kappa shape index (κ3) is 2.12. The van der Waals surface area contributed by atoms with Crippen molar-refractivity contribution < 1.29 is 0 Å². The molecular weight excluding hydrogens is 248 g/mol. The molecule has 0 aliphatic heterocycles. The molecule has 1 heteroatoms. The van der Waals surface area contributed by atoms with Gasteiger partial charge in [-0.05, 0) is 41.7 Å². The number of rotatable bonds is 2. The maximum absolute atomic E-state index is 4.61. The van der Waals surface area contributed by atoms with E-state index in [-0.39, 0.29) is 0 Å². The molecule has 0 N–H and O–H groups in total. The SMILES string of the molecule is CCC1C=Cc2c(-c3ccccc3S)cc(C)cc21. The van der Waals surface area contributed by atoms with E-state index in [2.05, 4.69) is 69.0 Å². The second-order valence-electron chi connectivity index (χ2n) is 5.21. The van der Waals surface area contributed by atoms with E-state index >= 15 is 0 Å². The maximum Gasteiger partial charge on any atom is 0.0119 e. The molecule has 0 amide bonds. The maximum atomic E-state index is 4.61. The monoisotopic (exact) mass is 266 g/mol. The summed E-state index contributed by atoms with van der Waals surface area (Å²) in [4.78, 5) is 1.05. The van der Waals surface area contributed by atoms with Crippen LogP contribution < -0.4 is 0 Å². The predicted molar refractivity (Wildman–Crippen MR) is 85.9 cm³/mol. The average Bonchev–Trinajstić information content (AvgIpc) is 2.81. The quantitative estimate of drug-likeness (QED) is 0.684. The molecule has 0 saturated carbocycles. The van der Waals surface area contributed by atoms with Crippen LogP contribution in [0.25, 0.3) is 17.2 Å². The number of benzene rings is 2. The van der Waals surface area contributed by atoms with Crippen LogP contribution in [0, 0.1) is 6.92 Å². The number of hydrogen-bond donors (Lipinski definition) is 1. The summed E-state index contributed by atoms with van der Waals surface area (Å²) in [6.45, 7) is 4.43. The molecule has 0 bridgehead atoms. The van der Waals surface area contributed by atoms with Crippen LogP contribution in [-0.4, -0.2) is 0 Å². The van der Waals surface area contributed by atoms with Gasteiger partial charge in [0, 0.05) is 10.8 Å². The van der Waals surface area contributed by atoms with Crippen molar-refractivity contribution in [1.82, 2.24) is 0 Å². The predicted octanol–water partition coefficient (Wildman–Crippen LogP) is 5.47. The smallest absolute Gasteiger partial charge is 0.0119 e. The van der Waals surface area contributed by atoms with Crippen LogP contribution in [0.1, 0.15) is 36.0 Å². The van der Waals surface area contributed by atoms with E-state index in [1.54, 1.807) is 0 Å². The lowest BCUT2D eigenvalue weighted by atomic mass is 9.91. The van der Waals surface area contributed by atoms with Gasteiger partial charge in [-0.3, -0.25) is 0 Å². The number of fused-ring (bicyclic) bond motifs is 1. The minimum Gasteiger partial charge on any atom is -0.143 e. The van der Waals surface area contributed by atoms with E-state index < -0.39 is 0 Å². The summed E-state index contributed by atoms with van der Waals surface area (Å²) in [6.07, 6.45) is 5.77. The summed E-state index contributed by atoms with van der Waals surface area (Å²) in [5, 5.41) is 0. The minimum absolute atomic E-state index is 0.570. The first-order valence-corrected chi connectivity index (χ1v) is 7.26.